The molecular formula is C20H22N6O2S. The van der Waals surface area contributed by atoms with Crippen molar-refractivity contribution in [3.8, 4) is 6.07 Å². The van der Waals surface area contributed by atoms with E-state index >= 15 is 0 Å². The maximum absolute atomic E-state index is 13.0. The van der Waals surface area contributed by atoms with Gasteiger partial charge >= 0.3 is 0 Å². The number of fused-ring (bicyclic) bond motifs is 3. The summed E-state index contributed by atoms with van der Waals surface area (Å²) in [6, 6.07) is 9.11. The number of carbonyl (C=O) groups is 1. The molecule has 0 aliphatic carbocycles. The third-order valence-electron chi connectivity index (χ3n) is 4.64. The van der Waals surface area contributed by atoms with Gasteiger partial charge in [0, 0.05) is 12.3 Å². The largest absolute Gasteiger partial charge is 0.308 e. The summed E-state index contributed by atoms with van der Waals surface area (Å²) >= 11 is 1.16. The van der Waals surface area contributed by atoms with Crippen LogP contribution in [0.4, 0.5) is 0 Å². The molecule has 0 aliphatic heterocycles. The van der Waals surface area contributed by atoms with E-state index in [1.807, 2.05) is 24.3 Å². The molecule has 1 N–H and O–H groups in total. The maximum atomic E-state index is 13.0. The van der Waals surface area contributed by atoms with Gasteiger partial charge in [0.05, 0.1) is 22.7 Å². The van der Waals surface area contributed by atoms with Crippen molar-refractivity contribution in [3.63, 3.8) is 0 Å². The van der Waals surface area contributed by atoms with E-state index in [1.165, 1.54) is 6.92 Å². The second-order valence-electron chi connectivity index (χ2n) is 7.27. The molecule has 0 aliphatic rings. The van der Waals surface area contributed by atoms with E-state index in [9.17, 15) is 9.59 Å². The van der Waals surface area contributed by atoms with Crippen molar-refractivity contribution >= 4 is 39.9 Å². The average molecular weight is 411 g/mol. The SMILES string of the molecule is CC(=N)[C@H](C#N)C(=O)CSc1nnc2n(CCC(C)C)c(=O)c3ccccc3n12. The van der Waals surface area contributed by atoms with E-state index in [2.05, 4.69) is 24.0 Å². The number of benzene rings is 1. The normalized spacial score (nSPS) is 12.4. The molecule has 0 fully saturated rings. The van der Waals surface area contributed by atoms with Gasteiger partial charge in [0.2, 0.25) is 5.78 Å². The number of aromatic nitrogens is 4. The van der Waals surface area contributed by atoms with Gasteiger partial charge in [-0.2, -0.15) is 5.26 Å². The van der Waals surface area contributed by atoms with Crippen LogP contribution in [-0.2, 0) is 11.3 Å². The van der Waals surface area contributed by atoms with E-state index in [0.29, 0.717) is 34.3 Å². The van der Waals surface area contributed by atoms with Crippen LogP contribution in [0.3, 0.4) is 0 Å². The maximum Gasteiger partial charge on any atom is 0.262 e. The van der Waals surface area contributed by atoms with E-state index in [-0.39, 0.29) is 22.8 Å². The number of thioether (sulfide) groups is 1. The Morgan fingerprint density at radius 1 is 1.31 bits per heavy atom. The lowest BCUT2D eigenvalue weighted by atomic mass is 10.0. The second kappa shape index (κ2) is 8.57. The molecule has 1 aromatic carbocycles. The van der Waals surface area contributed by atoms with Crippen LogP contribution in [0.2, 0.25) is 0 Å². The summed E-state index contributed by atoms with van der Waals surface area (Å²) in [5, 5.41) is 26.2. The molecule has 1 atom stereocenters. The summed E-state index contributed by atoms with van der Waals surface area (Å²) in [5.41, 5.74) is 0.586. The molecule has 0 bridgehead atoms. The zero-order valence-electron chi connectivity index (χ0n) is 16.5. The quantitative estimate of drug-likeness (QED) is 0.451. The zero-order chi connectivity index (χ0) is 21.1. The predicted octanol–water partition coefficient (Wildman–Crippen LogP) is 2.93. The summed E-state index contributed by atoms with van der Waals surface area (Å²) in [7, 11) is 0. The minimum absolute atomic E-state index is 0.00527. The van der Waals surface area contributed by atoms with Crippen molar-refractivity contribution in [3.05, 3.63) is 34.6 Å². The molecule has 0 amide bonds. The van der Waals surface area contributed by atoms with Crippen molar-refractivity contribution in [2.24, 2.45) is 11.8 Å². The Kier molecular flexibility index (Phi) is 6.13. The lowest BCUT2D eigenvalue weighted by molar-refractivity contribution is -0.117. The van der Waals surface area contributed by atoms with Crippen LogP contribution < -0.4 is 5.56 Å². The van der Waals surface area contributed by atoms with Crippen molar-refractivity contribution in [2.45, 2.75) is 38.9 Å². The van der Waals surface area contributed by atoms with E-state index in [4.69, 9.17) is 10.7 Å². The van der Waals surface area contributed by atoms with Crippen molar-refractivity contribution in [1.29, 1.82) is 10.7 Å². The first-order valence-electron chi connectivity index (χ1n) is 9.32. The fourth-order valence-corrected chi connectivity index (χ4v) is 3.89. The lowest BCUT2D eigenvalue weighted by Crippen LogP contribution is -2.24. The summed E-state index contributed by atoms with van der Waals surface area (Å²) in [6.45, 7) is 6.16. The highest BCUT2D eigenvalue weighted by Gasteiger charge is 2.22. The number of Topliss-reactive ketones (excluding diaryl/α,β-unsaturated/α-hetero) is 1. The Bertz CT molecular complexity index is 1190. The highest BCUT2D eigenvalue weighted by molar-refractivity contribution is 7.99. The molecule has 0 unspecified atom stereocenters. The summed E-state index contributed by atoms with van der Waals surface area (Å²) < 4.78 is 3.41. The Morgan fingerprint density at radius 2 is 2.03 bits per heavy atom. The molecule has 0 radical (unpaired) electrons. The van der Waals surface area contributed by atoms with Crippen molar-refractivity contribution in [1.82, 2.24) is 19.2 Å². The first-order chi connectivity index (χ1) is 13.8. The Morgan fingerprint density at radius 3 is 2.69 bits per heavy atom. The third kappa shape index (κ3) is 4.07. The number of rotatable bonds is 8. The minimum atomic E-state index is -1.05. The van der Waals surface area contributed by atoms with Crippen molar-refractivity contribution in [2.75, 3.05) is 5.75 Å². The number of aryl methyl sites for hydroxylation is 1. The molecule has 150 valence electrons. The van der Waals surface area contributed by atoms with E-state index in [1.54, 1.807) is 15.0 Å². The van der Waals surface area contributed by atoms with Crippen LogP contribution in [0.15, 0.2) is 34.2 Å². The molecule has 2 heterocycles. The first-order valence-corrected chi connectivity index (χ1v) is 10.3. The average Bonchev–Trinajstić information content (AvgIpc) is 3.10. The van der Waals surface area contributed by atoms with Gasteiger partial charge in [0.15, 0.2) is 10.9 Å². The number of nitrogens with one attached hydrogen (secondary N) is 1. The fourth-order valence-electron chi connectivity index (χ4n) is 3.05. The Hall–Kier alpha value is -2.99. The molecule has 0 saturated heterocycles. The fraction of sp³-hybridized carbons (Fsp3) is 0.400. The molecule has 2 aromatic heterocycles. The standard InChI is InChI=1S/C20H22N6O2S/c1-12(2)8-9-25-18(28)14-6-4-5-7-16(14)26-19(25)23-24-20(26)29-11-17(27)15(10-21)13(3)22/h4-7,12,15,22H,8-9,11H2,1-3H3/t15-/m0/s1. The first kappa shape index (κ1) is 20.7. The molecule has 8 nitrogen and oxygen atoms in total. The smallest absolute Gasteiger partial charge is 0.262 e. The van der Waals surface area contributed by atoms with Gasteiger partial charge in [-0.3, -0.25) is 18.6 Å². The van der Waals surface area contributed by atoms with Crippen LogP contribution in [-0.4, -0.2) is 36.4 Å². The van der Waals surface area contributed by atoms with Crippen LogP contribution in [0, 0.1) is 28.6 Å². The number of hydrogen-bond donors (Lipinski definition) is 1. The van der Waals surface area contributed by atoms with Crippen LogP contribution in [0.25, 0.3) is 16.7 Å². The van der Waals surface area contributed by atoms with Gasteiger partial charge in [-0.15, -0.1) is 10.2 Å². The van der Waals surface area contributed by atoms with Gasteiger partial charge in [-0.05, 0) is 31.4 Å². The molecule has 0 saturated carbocycles. The second-order valence-corrected chi connectivity index (χ2v) is 8.22. The topological polar surface area (TPSA) is 117 Å². The number of ketones is 1. The van der Waals surface area contributed by atoms with Crippen LogP contribution in [0.5, 0.6) is 0 Å². The van der Waals surface area contributed by atoms with Gasteiger partial charge in [0.25, 0.3) is 5.56 Å². The minimum Gasteiger partial charge on any atom is -0.308 e. The Labute approximate surface area is 172 Å². The molecule has 9 heteroatoms. The number of para-hydroxylation sites is 1. The van der Waals surface area contributed by atoms with Gasteiger partial charge in [-0.25, -0.2) is 0 Å². The van der Waals surface area contributed by atoms with Gasteiger partial charge in [0.1, 0.15) is 5.92 Å². The van der Waals surface area contributed by atoms with Gasteiger partial charge in [-0.1, -0.05) is 37.7 Å². The summed E-state index contributed by atoms with van der Waals surface area (Å²) in [4.78, 5) is 25.3. The number of nitriles is 1. The highest BCUT2D eigenvalue weighted by Crippen LogP contribution is 2.23. The number of hydrogen-bond acceptors (Lipinski definition) is 7. The van der Waals surface area contributed by atoms with Crippen molar-refractivity contribution < 1.29 is 4.79 Å². The predicted molar refractivity (Wildman–Crippen MR) is 112 cm³/mol. The van der Waals surface area contributed by atoms with E-state index in [0.717, 1.165) is 18.2 Å². The molecule has 3 rings (SSSR count). The number of carbonyl (C=O) groups excluding carboxylic acids is 1. The molecule has 0 spiro atoms. The van der Waals surface area contributed by atoms with Crippen LogP contribution >= 0.6 is 11.8 Å². The number of nitrogens with zero attached hydrogens (tertiary/aromatic N) is 5. The summed E-state index contributed by atoms with van der Waals surface area (Å²) in [5.74, 6) is -0.546. The lowest BCUT2D eigenvalue weighted by Gasteiger charge is -2.12. The Balaban J connectivity index is 2.06. The zero-order valence-corrected chi connectivity index (χ0v) is 17.4. The molecule has 29 heavy (non-hydrogen) atoms. The molecular weight excluding hydrogens is 388 g/mol. The highest BCUT2D eigenvalue weighted by atomic mass is 32.2. The third-order valence-corrected chi connectivity index (χ3v) is 5.59. The van der Waals surface area contributed by atoms with E-state index < -0.39 is 5.92 Å². The van der Waals surface area contributed by atoms with Gasteiger partial charge < -0.3 is 5.41 Å². The summed E-state index contributed by atoms with van der Waals surface area (Å²) in [6.07, 6.45) is 0.824. The van der Waals surface area contributed by atoms with Crippen LogP contribution in [0.1, 0.15) is 27.2 Å². The monoisotopic (exact) mass is 410 g/mol. The molecule has 3 aromatic rings.